The number of methoxy groups -OCH3 is 2. The lowest BCUT2D eigenvalue weighted by Crippen LogP contribution is -2.17. The molecule has 0 spiro atoms. The predicted molar refractivity (Wildman–Crippen MR) is 75.7 cm³/mol. The number of halogens is 3. The number of anilines is 1. The molecule has 9 heteroatoms. The number of carbonyl (C=O) groups excluding carboxylic acids is 1. The Balaban J connectivity index is 2.33. The van der Waals surface area contributed by atoms with Gasteiger partial charge < -0.3 is 14.8 Å². The van der Waals surface area contributed by atoms with Gasteiger partial charge in [-0.1, -0.05) is 0 Å². The Morgan fingerprint density at radius 2 is 1.74 bits per heavy atom. The highest BCUT2D eigenvalue weighted by atomic mass is 19.4. The van der Waals surface area contributed by atoms with E-state index in [1.807, 2.05) is 0 Å². The summed E-state index contributed by atoms with van der Waals surface area (Å²) in [5.74, 6) is -0.149. The molecule has 0 aliphatic rings. The molecule has 0 aliphatic carbocycles. The Hall–Kier alpha value is -2.71. The van der Waals surface area contributed by atoms with Crippen molar-refractivity contribution in [2.24, 2.45) is 7.05 Å². The number of amides is 1. The van der Waals surface area contributed by atoms with Gasteiger partial charge in [0.05, 0.1) is 19.8 Å². The zero-order valence-corrected chi connectivity index (χ0v) is 12.6. The summed E-state index contributed by atoms with van der Waals surface area (Å²) in [7, 11) is 4.15. The van der Waals surface area contributed by atoms with Gasteiger partial charge in [-0.2, -0.15) is 18.3 Å². The van der Waals surface area contributed by atoms with Crippen LogP contribution in [-0.4, -0.2) is 29.9 Å². The Kier molecular flexibility index (Phi) is 4.48. The molecule has 6 nitrogen and oxygen atoms in total. The number of nitrogens with zero attached hydrogens (tertiary/aromatic N) is 2. The smallest absolute Gasteiger partial charge is 0.435 e. The first-order valence-corrected chi connectivity index (χ1v) is 6.40. The van der Waals surface area contributed by atoms with E-state index in [2.05, 4.69) is 10.4 Å². The Morgan fingerprint density at radius 3 is 2.22 bits per heavy atom. The highest BCUT2D eigenvalue weighted by molar-refractivity contribution is 6.05. The largest absolute Gasteiger partial charge is 0.497 e. The molecule has 0 unspecified atom stereocenters. The number of rotatable bonds is 4. The number of alkyl halides is 3. The summed E-state index contributed by atoms with van der Waals surface area (Å²) in [5, 5.41) is 5.67. The van der Waals surface area contributed by atoms with Crippen LogP contribution in [0.5, 0.6) is 11.5 Å². The van der Waals surface area contributed by atoms with Gasteiger partial charge in [-0.05, 0) is 0 Å². The molecule has 0 saturated carbocycles. The van der Waals surface area contributed by atoms with Crippen LogP contribution in [0, 0.1) is 0 Å². The van der Waals surface area contributed by atoms with Gasteiger partial charge in [0.25, 0.3) is 5.91 Å². The van der Waals surface area contributed by atoms with Crippen LogP contribution in [0.3, 0.4) is 0 Å². The zero-order valence-electron chi connectivity index (χ0n) is 12.6. The average Bonchev–Trinajstić information content (AvgIpc) is 2.89. The molecule has 1 aromatic carbocycles. The van der Waals surface area contributed by atoms with Crippen LogP contribution >= 0.6 is 0 Å². The lowest BCUT2D eigenvalue weighted by atomic mass is 10.2. The molecule has 2 rings (SSSR count). The molecule has 1 heterocycles. The molecular formula is C14H14F3N3O3. The highest BCUT2D eigenvalue weighted by Crippen LogP contribution is 2.31. The second kappa shape index (κ2) is 6.19. The van der Waals surface area contributed by atoms with Crippen molar-refractivity contribution in [2.75, 3.05) is 19.5 Å². The summed E-state index contributed by atoms with van der Waals surface area (Å²) in [4.78, 5) is 12.1. The maximum atomic E-state index is 12.9. The van der Waals surface area contributed by atoms with E-state index in [1.165, 1.54) is 33.4 Å². The van der Waals surface area contributed by atoms with Crippen molar-refractivity contribution in [2.45, 2.75) is 6.18 Å². The fraction of sp³-hybridized carbons (Fsp3) is 0.286. The monoisotopic (exact) mass is 329 g/mol. The van der Waals surface area contributed by atoms with Gasteiger partial charge in [-0.3, -0.25) is 9.48 Å². The molecule has 1 N–H and O–H groups in total. The third-order valence-corrected chi connectivity index (χ3v) is 2.95. The summed E-state index contributed by atoms with van der Waals surface area (Å²) < 4.78 is 49.7. The van der Waals surface area contributed by atoms with Crippen molar-refractivity contribution in [1.82, 2.24) is 9.78 Å². The van der Waals surface area contributed by atoms with E-state index in [4.69, 9.17) is 9.47 Å². The fourth-order valence-corrected chi connectivity index (χ4v) is 1.94. The Morgan fingerprint density at radius 1 is 1.17 bits per heavy atom. The van der Waals surface area contributed by atoms with Gasteiger partial charge in [-0.15, -0.1) is 0 Å². The third kappa shape index (κ3) is 3.74. The SMILES string of the molecule is COc1cc(NC(=O)c2cn(C)nc2C(F)(F)F)cc(OC)c1. The van der Waals surface area contributed by atoms with Gasteiger partial charge in [0.2, 0.25) is 0 Å². The maximum absolute atomic E-state index is 12.9. The second-order valence-electron chi connectivity index (χ2n) is 4.62. The number of hydrogen-bond donors (Lipinski definition) is 1. The average molecular weight is 329 g/mol. The van der Waals surface area contributed by atoms with E-state index in [1.54, 1.807) is 6.07 Å². The van der Waals surface area contributed by atoms with Crippen LogP contribution in [0.25, 0.3) is 0 Å². The lowest BCUT2D eigenvalue weighted by molar-refractivity contribution is -0.141. The third-order valence-electron chi connectivity index (χ3n) is 2.95. The van der Waals surface area contributed by atoms with E-state index in [0.29, 0.717) is 11.5 Å². The fourth-order valence-electron chi connectivity index (χ4n) is 1.94. The standard InChI is InChI=1S/C14H14F3N3O3/c1-20-7-11(12(19-20)14(15,16)17)13(21)18-8-4-9(22-2)6-10(5-8)23-3/h4-7H,1-3H3,(H,18,21). The molecular weight excluding hydrogens is 315 g/mol. The number of nitrogens with one attached hydrogen (secondary N) is 1. The summed E-state index contributed by atoms with van der Waals surface area (Å²) in [6.45, 7) is 0. The number of hydrogen-bond acceptors (Lipinski definition) is 4. The first-order valence-electron chi connectivity index (χ1n) is 6.40. The van der Waals surface area contributed by atoms with Gasteiger partial charge in [-0.25, -0.2) is 0 Å². The van der Waals surface area contributed by atoms with Crippen molar-refractivity contribution in [1.29, 1.82) is 0 Å². The van der Waals surface area contributed by atoms with Crippen LogP contribution in [0.1, 0.15) is 16.1 Å². The van der Waals surface area contributed by atoms with E-state index in [9.17, 15) is 18.0 Å². The van der Waals surface area contributed by atoms with E-state index in [0.717, 1.165) is 10.9 Å². The predicted octanol–water partition coefficient (Wildman–Crippen LogP) is 2.71. The second-order valence-corrected chi connectivity index (χ2v) is 4.62. The van der Waals surface area contributed by atoms with E-state index in [-0.39, 0.29) is 5.69 Å². The summed E-state index contributed by atoms with van der Waals surface area (Å²) in [6.07, 6.45) is -3.71. The molecule has 0 bridgehead atoms. The Labute approximate surface area is 129 Å². The molecule has 2 aromatic rings. The number of ether oxygens (including phenoxy) is 2. The number of aromatic nitrogens is 2. The molecule has 0 radical (unpaired) electrons. The molecule has 23 heavy (non-hydrogen) atoms. The quantitative estimate of drug-likeness (QED) is 0.937. The van der Waals surface area contributed by atoms with Crippen molar-refractivity contribution in [3.05, 3.63) is 35.7 Å². The van der Waals surface area contributed by atoms with E-state index < -0.39 is 23.3 Å². The van der Waals surface area contributed by atoms with Crippen molar-refractivity contribution >= 4 is 11.6 Å². The van der Waals surface area contributed by atoms with Crippen molar-refractivity contribution in [3.63, 3.8) is 0 Å². The van der Waals surface area contributed by atoms with Crippen molar-refractivity contribution < 1.29 is 27.4 Å². The van der Waals surface area contributed by atoms with Crippen LogP contribution in [0.2, 0.25) is 0 Å². The summed E-state index contributed by atoms with van der Waals surface area (Å²) in [6, 6.07) is 4.50. The first kappa shape index (κ1) is 16.7. The molecule has 1 aromatic heterocycles. The van der Waals surface area contributed by atoms with Gasteiger partial charge in [0.1, 0.15) is 11.5 Å². The minimum absolute atomic E-state index is 0.239. The topological polar surface area (TPSA) is 65.4 Å². The minimum atomic E-state index is -4.72. The number of carbonyl (C=O) groups is 1. The molecule has 0 atom stereocenters. The normalized spacial score (nSPS) is 11.2. The van der Waals surface area contributed by atoms with E-state index >= 15 is 0 Å². The molecule has 0 fully saturated rings. The molecule has 1 amide bonds. The minimum Gasteiger partial charge on any atom is -0.497 e. The van der Waals surface area contributed by atoms with Crippen LogP contribution in [0.4, 0.5) is 18.9 Å². The summed E-state index contributed by atoms with van der Waals surface area (Å²) in [5.41, 5.74) is -1.57. The number of aryl methyl sites for hydroxylation is 1. The van der Waals surface area contributed by atoms with Gasteiger partial charge in [0, 0.05) is 37.1 Å². The van der Waals surface area contributed by atoms with Crippen LogP contribution in [-0.2, 0) is 13.2 Å². The summed E-state index contributed by atoms with van der Waals surface area (Å²) >= 11 is 0. The molecule has 0 saturated heterocycles. The van der Waals surface area contributed by atoms with Crippen LogP contribution in [0.15, 0.2) is 24.4 Å². The van der Waals surface area contributed by atoms with Gasteiger partial charge in [0.15, 0.2) is 5.69 Å². The Bertz CT molecular complexity index is 704. The maximum Gasteiger partial charge on any atom is 0.435 e. The van der Waals surface area contributed by atoms with Gasteiger partial charge >= 0.3 is 6.18 Å². The highest BCUT2D eigenvalue weighted by Gasteiger charge is 2.39. The molecule has 124 valence electrons. The first-order chi connectivity index (χ1) is 10.7. The molecule has 0 aliphatic heterocycles. The number of benzene rings is 1. The lowest BCUT2D eigenvalue weighted by Gasteiger charge is -2.10. The zero-order chi connectivity index (χ0) is 17.2. The van der Waals surface area contributed by atoms with Crippen molar-refractivity contribution in [3.8, 4) is 11.5 Å². The van der Waals surface area contributed by atoms with Crippen LogP contribution < -0.4 is 14.8 Å².